The van der Waals surface area contributed by atoms with Gasteiger partial charge in [-0.15, -0.1) is 0 Å². The number of pyridine rings is 1. The Morgan fingerprint density at radius 2 is 1.97 bits per heavy atom. The summed E-state index contributed by atoms with van der Waals surface area (Å²) in [6.07, 6.45) is 16.1. The Morgan fingerprint density at radius 3 is 2.66 bits per heavy atom. The van der Waals surface area contributed by atoms with E-state index >= 15 is 0 Å². The van der Waals surface area contributed by atoms with Crippen LogP contribution >= 0.6 is 0 Å². The van der Waals surface area contributed by atoms with Crippen molar-refractivity contribution in [2.24, 2.45) is 0 Å². The number of rotatable bonds is 13. The molecule has 0 aliphatic carbocycles. The highest BCUT2D eigenvalue weighted by Gasteiger charge is 2.13. The molecule has 0 atom stereocenters. The highest BCUT2D eigenvalue weighted by molar-refractivity contribution is 5.49. The quantitative estimate of drug-likeness (QED) is 0.329. The fraction of sp³-hybridized carbons (Fsp3) is 0.520. The molecule has 0 amide bonds. The summed E-state index contributed by atoms with van der Waals surface area (Å²) in [6, 6.07) is 4.17. The Hall–Kier alpha value is -2.36. The van der Waals surface area contributed by atoms with Crippen LogP contribution in [0, 0.1) is 0 Å². The van der Waals surface area contributed by atoms with Crippen molar-refractivity contribution < 1.29 is 0 Å². The Labute approximate surface area is 177 Å². The molecule has 0 unspecified atom stereocenters. The van der Waals surface area contributed by atoms with Crippen LogP contribution in [0.2, 0.25) is 0 Å². The monoisotopic (exact) mass is 394 g/mol. The van der Waals surface area contributed by atoms with E-state index in [1.54, 1.807) is 0 Å². The van der Waals surface area contributed by atoms with Crippen LogP contribution in [0.4, 0.5) is 0 Å². The van der Waals surface area contributed by atoms with Crippen LogP contribution in [0.3, 0.4) is 0 Å². The molecule has 4 nitrogen and oxygen atoms in total. The average Bonchev–Trinajstić information content (AvgIpc) is 3.12. The minimum atomic E-state index is 0.498. The summed E-state index contributed by atoms with van der Waals surface area (Å²) < 4.78 is 2.09. The smallest absolute Gasteiger partial charge is 0.0531 e. The molecule has 4 heteroatoms. The number of aryl methyl sites for hydroxylation is 1. The average molecular weight is 395 g/mol. The van der Waals surface area contributed by atoms with Crippen molar-refractivity contribution in [1.82, 2.24) is 20.1 Å². The molecule has 0 spiro atoms. The van der Waals surface area contributed by atoms with Crippen LogP contribution in [0.5, 0.6) is 0 Å². The van der Waals surface area contributed by atoms with Gasteiger partial charge in [0.1, 0.15) is 0 Å². The predicted octanol–water partition coefficient (Wildman–Crippen LogP) is 6.12. The van der Waals surface area contributed by atoms with Gasteiger partial charge in [-0.3, -0.25) is 4.98 Å². The third-order valence-electron chi connectivity index (χ3n) is 5.19. The van der Waals surface area contributed by atoms with Gasteiger partial charge in [-0.05, 0) is 61.8 Å². The molecule has 29 heavy (non-hydrogen) atoms. The van der Waals surface area contributed by atoms with Gasteiger partial charge < -0.3 is 5.32 Å². The zero-order chi connectivity index (χ0) is 21.1. The van der Waals surface area contributed by atoms with E-state index < -0.39 is 0 Å². The summed E-state index contributed by atoms with van der Waals surface area (Å²) >= 11 is 0. The number of unbranched alkanes of at least 4 members (excludes halogenated alkanes) is 3. The topological polar surface area (TPSA) is 42.7 Å². The molecule has 2 aromatic heterocycles. The number of nitrogens with zero attached hydrogens (tertiary/aromatic N) is 3. The first kappa shape index (κ1) is 22.9. The maximum absolute atomic E-state index is 4.64. The Bertz CT molecular complexity index is 771. The summed E-state index contributed by atoms with van der Waals surface area (Å²) in [7, 11) is 0. The van der Waals surface area contributed by atoms with Crippen LogP contribution in [0.15, 0.2) is 49.1 Å². The summed E-state index contributed by atoms with van der Waals surface area (Å²) in [4.78, 5) is 4.17. The minimum absolute atomic E-state index is 0.498. The minimum Gasteiger partial charge on any atom is -0.385 e. The maximum atomic E-state index is 4.64. The second-order valence-electron chi connectivity index (χ2n) is 8.13. The number of allylic oxidation sites excluding steroid dienone is 2. The lowest BCUT2D eigenvalue weighted by atomic mass is 10.0. The van der Waals surface area contributed by atoms with E-state index in [4.69, 9.17) is 0 Å². The molecular weight excluding hydrogens is 356 g/mol. The van der Waals surface area contributed by atoms with Gasteiger partial charge >= 0.3 is 0 Å². The maximum Gasteiger partial charge on any atom is 0.0531 e. The summed E-state index contributed by atoms with van der Waals surface area (Å²) in [5.41, 5.74) is 6.10. The molecule has 0 aliphatic rings. The first-order valence-corrected chi connectivity index (χ1v) is 11.1. The molecule has 0 aromatic carbocycles. The summed E-state index contributed by atoms with van der Waals surface area (Å²) in [6.45, 7) is 13.9. The Balaban J connectivity index is 1.73. The van der Waals surface area contributed by atoms with Gasteiger partial charge in [-0.2, -0.15) is 5.10 Å². The lowest BCUT2D eigenvalue weighted by molar-refractivity contribution is 0.620. The lowest BCUT2D eigenvalue weighted by Gasteiger charge is -2.12. The predicted molar refractivity (Wildman–Crippen MR) is 124 cm³/mol. The summed E-state index contributed by atoms with van der Waals surface area (Å²) in [5.74, 6) is 0.498. The van der Waals surface area contributed by atoms with Crippen molar-refractivity contribution in [2.75, 3.05) is 6.54 Å². The molecule has 1 N–H and O–H groups in total. The van der Waals surface area contributed by atoms with E-state index in [-0.39, 0.29) is 0 Å². The van der Waals surface area contributed by atoms with E-state index in [9.17, 15) is 0 Å². The zero-order valence-electron chi connectivity index (χ0n) is 18.7. The van der Waals surface area contributed by atoms with Crippen molar-refractivity contribution in [2.45, 2.75) is 78.6 Å². The fourth-order valence-corrected chi connectivity index (χ4v) is 3.63. The van der Waals surface area contributed by atoms with Gasteiger partial charge in [0, 0.05) is 36.0 Å². The van der Waals surface area contributed by atoms with Crippen LogP contribution in [0.1, 0.15) is 82.5 Å². The molecule has 0 fully saturated rings. The van der Waals surface area contributed by atoms with Crippen LogP contribution in [0.25, 0.3) is 5.70 Å². The largest absolute Gasteiger partial charge is 0.385 e. The van der Waals surface area contributed by atoms with Gasteiger partial charge in [0.25, 0.3) is 0 Å². The second kappa shape index (κ2) is 12.3. The van der Waals surface area contributed by atoms with Gasteiger partial charge in [0.05, 0.1) is 6.20 Å². The van der Waals surface area contributed by atoms with Gasteiger partial charge in [0.2, 0.25) is 0 Å². The van der Waals surface area contributed by atoms with Gasteiger partial charge in [-0.25, -0.2) is 4.68 Å². The van der Waals surface area contributed by atoms with Crippen molar-refractivity contribution in [3.8, 4) is 0 Å². The third kappa shape index (κ3) is 7.52. The van der Waals surface area contributed by atoms with Gasteiger partial charge in [0.15, 0.2) is 0 Å². The van der Waals surface area contributed by atoms with Crippen LogP contribution in [-0.4, -0.2) is 21.3 Å². The molecule has 0 radical (unpaired) electrons. The molecule has 2 rings (SSSR count). The molecule has 0 saturated carbocycles. The zero-order valence-corrected chi connectivity index (χ0v) is 18.7. The van der Waals surface area contributed by atoms with E-state index in [0.29, 0.717) is 5.92 Å². The fourth-order valence-electron chi connectivity index (χ4n) is 3.63. The Morgan fingerprint density at radius 1 is 1.17 bits per heavy atom. The highest BCUT2D eigenvalue weighted by atomic mass is 15.3. The third-order valence-corrected chi connectivity index (χ3v) is 5.19. The first-order valence-electron chi connectivity index (χ1n) is 11.1. The van der Waals surface area contributed by atoms with Crippen LogP contribution < -0.4 is 5.32 Å². The molecule has 0 saturated heterocycles. The first-order chi connectivity index (χ1) is 14.0. The highest BCUT2D eigenvalue weighted by Crippen LogP contribution is 2.23. The van der Waals surface area contributed by atoms with Crippen LogP contribution in [-0.2, 0) is 12.8 Å². The van der Waals surface area contributed by atoms with Crippen molar-refractivity contribution in [3.05, 3.63) is 65.9 Å². The number of nitrogens with one attached hydrogen (secondary N) is 1. The second-order valence-corrected chi connectivity index (χ2v) is 8.13. The number of hydrogen-bond donors (Lipinski definition) is 1. The Kier molecular flexibility index (Phi) is 9.69. The molecule has 158 valence electrons. The molecule has 2 heterocycles. The molecule has 0 aliphatic heterocycles. The molecule has 0 bridgehead atoms. The lowest BCUT2D eigenvalue weighted by Crippen LogP contribution is -2.13. The van der Waals surface area contributed by atoms with Gasteiger partial charge in [-0.1, -0.05) is 52.7 Å². The van der Waals surface area contributed by atoms with E-state index in [0.717, 1.165) is 37.2 Å². The number of hydrogen-bond acceptors (Lipinski definition) is 3. The summed E-state index contributed by atoms with van der Waals surface area (Å²) in [5, 5.41) is 8.09. The van der Waals surface area contributed by atoms with Crippen molar-refractivity contribution in [1.29, 1.82) is 0 Å². The SMILES string of the molecule is C=C(/C=C(/C)n1ncc(C(C)C)c1CCC)NCCCCCCc1cccnc1. The standard InChI is InChI=1S/C25H38N4/c1-6-12-25-24(20(2)3)19-28-29(25)22(5)17-21(4)27-16-10-8-7-9-13-23-14-11-15-26-18-23/h11,14-15,17-20,27H,4,6-10,12-13,16H2,1-3,5H3/b22-17-. The molecular formula is C25H38N4. The van der Waals surface area contributed by atoms with E-state index in [2.05, 4.69) is 66.5 Å². The van der Waals surface area contributed by atoms with E-state index in [1.165, 1.54) is 42.5 Å². The molecule has 2 aromatic rings. The normalized spacial score (nSPS) is 11.8. The van der Waals surface area contributed by atoms with Crippen molar-refractivity contribution in [3.63, 3.8) is 0 Å². The van der Waals surface area contributed by atoms with E-state index in [1.807, 2.05) is 24.7 Å². The number of aromatic nitrogens is 3. The van der Waals surface area contributed by atoms with Crippen molar-refractivity contribution >= 4 is 5.70 Å².